The number of aromatic nitrogens is 1. The topological polar surface area (TPSA) is 17.3 Å². The van der Waals surface area contributed by atoms with Crippen molar-refractivity contribution in [3.05, 3.63) is 65.9 Å². The molecule has 0 fully saturated rings. The van der Waals surface area contributed by atoms with Crippen molar-refractivity contribution >= 4 is 22.7 Å². The average molecular weight is 232 g/mol. The Balaban J connectivity index is 2.07. The van der Waals surface area contributed by atoms with Crippen LogP contribution in [0.1, 0.15) is 12.1 Å². The van der Waals surface area contributed by atoms with E-state index in [4.69, 9.17) is 0 Å². The molecule has 0 N–H and O–H groups in total. The number of para-hydroxylation sites is 1. The van der Waals surface area contributed by atoms with Gasteiger partial charge in [-0.3, -0.25) is 0 Å². The highest BCUT2D eigenvalue weighted by Gasteiger charge is 2.16. The van der Waals surface area contributed by atoms with E-state index in [9.17, 15) is 0 Å². The van der Waals surface area contributed by atoms with Gasteiger partial charge in [-0.15, -0.1) is 0 Å². The molecule has 2 aliphatic rings. The lowest BCUT2D eigenvalue weighted by Crippen LogP contribution is -1.96. The number of hydrogen-bond acceptors (Lipinski definition) is 1. The van der Waals surface area contributed by atoms with Gasteiger partial charge in [0.15, 0.2) is 0 Å². The number of nitrogens with zero attached hydrogens (tertiary/aromatic N) is 2. The lowest BCUT2D eigenvalue weighted by atomic mass is 9.97. The van der Waals surface area contributed by atoms with Crippen molar-refractivity contribution in [2.45, 2.75) is 6.42 Å². The van der Waals surface area contributed by atoms with Crippen LogP contribution in [-0.2, 0) is 0 Å². The Morgan fingerprint density at radius 3 is 3.11 bits per heavy atom. The molecule has 0 saturated heterocycles. The highest BCUT2D eigenvalue weighted by atomic mass is 15.3. The summed E-state index contributed by atoms with van der Waals surface area (Å²) >= 11 is 0. The fourth-order valence-corrected chi connectivity index (χ4v) is 2.62. The van der Waals surface area contributed by atoms with Crippen LogP contribution in [0.15, 0.2) is 65.3 Å². The first kappa shape index (κ1) is 9.66. The standard InChI is InChI=1S/C16H12N2/c1-3-7-14-12(5-1)9-10-17-18-15-8-4-2-6-13(15)11-16(14)18/h1-2,4-11H,3H2. The van der Waals surface area contributed by atoms with Gasteiger partial charge >= 0.3 is 0 Å². The van der Waals surface area contributed by atoms with E-state index in [0.717, 1.165) is 11.9 Å². The quantitative estimate of drug-likeness (QED) is 0.658. The number of allylic oxidation sites excluding steroid dienone is 6. The maximum Gasteiger partial charge on any atom is 0.0734 e. The minimum absolute atomic E-state index is 0.994. The van der Waals surface area contributed by atoms with Gasteiger partial charge in [-0.2, -0.15) is 5.10 Å². The molecule has 2 aromatic rings. The van der Waals surface area contributed by atoms with Gasteiger partial charge in [-0.25, -0.2) is 4.68 Å². The lowest BCUT2D eigenvalue weighted by molar-refractivity contribution is 0.918. The molecule has 0 amide bonds. The van der Waals surface area contributed by atoms with Crippen molar-refractivity contribution in [3.8, 4) is 0 Å². The molecule has 0 saturated carbocycles. The highest BCUT2D eigenvalue weighted by molar-refractivity contribution is 5.95. The number of benzene rings is 1. The Kier molecular flexibility index (Phi) is 1.92. The van der Waals surface area contributed by atoms with Gasteiger partial charge in [-0.1, -0.05) is 36.4 Å². The molecule has 18 heavy (non-hydrogen) atoms. The van der Waals surface area contributed by atoms with Crippen LogP contribution in [0, 0.1) is 0 Å². The third kappa shape index (κ3) is 1.26. The van der Waals surface area contributed by atoms with E-state index >= 15 is 0 Å². The molecule has 1 aliphatic heterocycles. The largest absolute Gasteiger partial charge is 0.233 e. The zero-order chi connectivity index (χ0) is 11.9. The van der Waals surface area contributed by atoms with E-state index in [0.29, 0.717) is 0 Å². The van der Waals surface area contributed by atoms with Crippen molar-refractivity contribution in [1.29, 1.82) is 0 Å². The second-order valence-corrected chi connectivity index (χ2v) is 4.54. The number of fused-ring (bicyclic) bond motifs is 5. The predicted molar refractivity (Wildman–Crippen MR) is 75.6 cm³/mol. The Bertz CT molecular complexity index is 754. The fourth-order valence-electron chi connectivity index (χ4n) is 2.62. The Hall–Kier alpha value is -2.35. The Labute approximate surface area is 105 Å². The molecule has 2 nitrogen and oxygen atoms in total. The van der Waals surface area contributed by atoms with E-state index in [1.54, 1.807) is 0 Å². The van der Waals surface area contributed by atoms with Crippen LogP contribution >= 0.6 is 0 Å². The van der Waals surface area contributed by atoms with Crippen LogP contribution in [0.3, 0.4) is 0 Å². The SMILES string of the molecule is C1=CC2=CC=Nn3c(cc4ccccc43)C2=CC1. The van der Waals surface area contributed by atoms with Crippen LogP contribution in [-0.4, -0.2) is 10.9 Å². The second kappa shape index (κ2) is 3.57. The molecular weight excluding hydrogens is 220 g/mol. The van der Waals surface area contributed by atoms with Crippen LogP contribution in [0.4, 0.5) is 0 Å². The molecule has 2 heterocycles. The van der Waals surface area contributed by atoms with Gasteiger partial charge < -0.3 is 0 Å². The Morgan fingerprint density at radius 2 is 2.11 bits per heavy atom. The fraction of sp³-hybridized carbons (Fsp3) is 0.0625. The van der Waals surface area contributed by atoms with Crippen LogP contribution in [0.2, 0.25) is 0 Å². The molecule has 0 unspecified atom stereocenters. The first-order valence-corrected chi connectivity index (χ1v) is 6.16. The van der Waals surface area contributed by atoms with E-state index in [1.807, 2.05) is 10.9 Å². The molecule has 1 aromatic heterocycles. The predicted octanol–water partition coefficient (Wildman–Crippen LogP) is 3.76. The summed E-state index contributed by atoms with van der Waals surface area (Å²) in [6.07, 6.45) is 11.6. The minimum atomic E-state index is 0.994. The molecular formula is C16H12N2. The summed E-state index contributed by atoms with van der Waals surface area (Å²) in [5, 5.41) is 5.78. The van der Waals surface area contributed by atoms with Crippen LogP contribution < -0.4 is 0 Å². The summed E-state index contributed by atoms with van der Waals surface area (Å²) in [6.45, 7) is 0. The van der Waals surface area contributed by atoms with Crippen molar-refractivity contribution in [2.75, 3.05) is 0 Å². The van der Waals surface area contributed by atoms with Crippen molar-refractivity contribution < 1.29 is 0 Å². The first-order valence-electron chi connectivity index (χ1n) is 6.16. The maximum atomic E-state index is 4.54. The van der Waals surface area contributed by atoms with Gasteiger partial charge in [0, 0.05) is 17.2 Å². The summed E-state index contributed by atoms with van der Waals surface area (Å²) < 4.78 is 2.03. The first-order chi connectivity index (χ1) is 8.93. The monoisotopic (exact) mass is 232 g/mol. The lowest BCUT2D eigenvalue weighted by Gasteiger charge is -2.11. The van der Waals surface area contributed by atoms with Gasteiger partial charge in [0.2, 0.25) is 0 Å². The molecule has 1 aliphatic carbocycles. The molecule has 0 atom stereocenters. The molecule has 0 spiro atoms. The zero-order valence-corrected chi connectivity index (χ0v) is 9.88. The molecule has 0 bridgehead atoms. The van der Waals surface area contributed by atoms with Crippen molar-refractivity contribution in [1.82, 2.24) is 4.68 Å². The van der Waals surface area contributed by atoms with Crippen molar-refractivity contribution in [3.63, 3.8) is 0 Å². The Morgan fingerprint density at radius 1 is 1.17 bits per heavy atom. The molecule has 1 aromatic carbocycles. The number of hydrogen-bond donors (Lipinski definition) is 0. The molecule has 86 valence electrons. The average Bonchev–Trinajstić information content (AvgIpc) is 2.69. The van der Waals surface area contributed by atoms with Crippen LogP contribution in [0.25, 0.3) is 16.5 Å². The van der Waals surface area contributed by atoms with Crippen molar-refractivity contribution in [2.24, 2.45) is 5.10 Å². The van der Waals surface area contributed by atoms with Gasteiger partial charge in [-0.05, 0) is 30.2 Å². The van der Waals surface area contributed by atoms with E-state index in [-0.39, 0.29) is 0 Å². The van der Waals surface area contributed by atoms with Gasteiger partial charge in [0.25, 0.3) is 0 Å². The normalized spacial score (nSPS) is 16.9. The second-order valence-electron chi connectivity index (χ2n) is 4.54. The zero-order valence-electron chi connectivity index (χ0n) is 9.88. The van der Waals surface area contributed by atoms with E-state index in [1.165, 1.54) is 22.2 Å². The third-order valence-electron chi connectivity index (χ3n) is 3.46. The van der Waals surface area contributed by atoms with E-state index in [2.05, 4.69) is 59.7 Å². The maximum absolute atomic E-state index is 4.54. The highest BCUT2D eigenvalue weighted by Crippen LogP contribution is 2.33. The molecule has 0 radical (unpaired) electrons. The van der Waals surface area contributed by atoms with Gasteiger partial charge in [0.05, 0.1) is 11.2 Å². The summed E-state index contributed by atoms with van der Waals surface area (Å²) in [4.78, 5) is 0. The molecule has 4 rings (SSSR count). The van der Waals surface area contributed by atoms with Crippen LogP contribution in [0.5, 0.6) is 0 Å². The smallest absolute Gasteiger partial charge is 0.0734 e. The summed E-state index contributed by atoms with van der Waals surface area (Å²) in [6, 6.07) is 10.6. The summed E-state index contributed by atoms with van der Waals surface area (Å²) in [7, 11) is 0. The summed E-state index contributed by atoms with van der Waals surface area (Å²) in [5.74, 6) is 0. The molecule has 2 heteroatoms. The number of rotatable bonds is 0. The van der Waals surface area contributed by atoms with Gasteiger partial charge in [0.1, 0.15) is 0 Å². The summed E-state index contributed by atoms with van der Waals surface area (Å²) in [5.41, 5.74) is 4.87. The minimum Gasteiger partial charge on any atom is -0.233 e. The van der Waals surface area contributed by atoms with E-state index < -0.39 is 0 Å². The third-order valence-corrected chi connectivity index (χ3v) is 3.46.